The third-order valence-electron chi connectivity index (χ3n) is 4.31. The van der Waals surface area contributed by atoms with Gasteiger partial charge in [-0.1, -0.05) is 42.6 Å². The zero-order valence-electron chi connectivity index (χ0n) is 11.8. The molecule has 0 bridgehead atoms. The van der Waals surface area contributed by atoms with E-state index < -0.39 is 6.10 Å². The van der Waals surface area contributed by atoms with Crippen LogP contribution in [0.15, 0.2) is 24.3 Å². The first-order valence-corrected chi connectivity index (χ1v) is 7.84. The van der Waals surface area contributed by atoms with Crippen LogP contribution in [0.4, 0.5) is 0 Å². The van der Waals surface area contributed by atoms with E-state index in [0.29, 0.717) is 23.4 Å². The minimum Gasteiger partial charge on any atom is -0.396 e. The lowest BCUT2D eigenvalue weighted by atomic mass is 9.79. The highest BCUT2D eigenvalue weighted by molar-refractivity contribution is 6.31. The Kier molecular flexibility index (Phi) is 6.30. The minimum absolute atomic E-state index is 0.277. The highest BCUT2D eigenvalue weighted by Gasteiger charge is 2.24. The van der Waals surface area contributed by atoms with Crippen LogP contribution in [0.25, 0.3) is 0 Å². The molecule has 3 nitrogen and oxygen atoms in total. The average molecular weight is 298 g/mol. The van der Waals surface area contributed by atoms with Crippen LogP contribution in [0, 0.1) is 11.8 Å². The Morgan fingerprint density at radius 3 is 2.60 bits per heavy atom. The van der Waals surface area contributed by atoms with Gasteiger partial charge in [0.1, 0.15) is 0 Å². The average Bonchev–Trinajstić information content (AvgIpc) is 2.48. The second kappa shape index (κ2) is 7.99. The predicted octanol–water partition coefficient (Wildman–Crippen LogP) is 2.76. The number of hydrogen-bond acceptors (Lipinski definition) is 3. The number of aliphatic hydroxyl groups is 2. The molecule has 0 heterocycles. The SMILES string of the molecule is OCC1CCCCC1CNCC(O)c1ccccc1Cl. The van der Waals surface area contributed by atoms with Crippen molar-refractivity contribution >= 4 is 11.6 Å². The Morgan fingerprint density at radius 1 is 1.20 bits per heavy atom. The van der Waals surface area contributed by atoms with Crippen molar-refractivity contribution in [3.05, 3.63) is 34.9 Å². The lowest BCUT2D eigenvalue weighted by Crippen LogP contribution is -2.34. The van der Waals surface area contributed by atoms with Gasteiger partial charge in [-0.3, -0.25) is 0 Å². The molecule has 20 heavy (non-hydrogen) atoms. The Hall–Kier alpha value is -0.610. The number of rotatable bonds is 6. The fraction of sp³-hybridized carbons (Fsp3) is 0.625. The number of halogens is 1. The summed E-state index contributed by atoms with van der Waals surface area (Å²) in [6.07, 6.45) is 4.18. The van der Waals surface area contributed by atoms with Crippen LogP contribution in [-0.4, -0.2) is 29.9 Å². The third kappa shape index (κ3) is 4.19. The van der Waals surface area contributed by atoms with Crippen LogP contribution in [0.3, 0.4) is 0 Å². The molecule has 0 aromatic heterocycles. The lowest BCUT2D eigenvalue weighted by molar-refractivity contribution is 0.125. The molecular weight excluding hydrogens is 274 g/mol. The van der Waals surface area contributed by atoms with E-state index >= 15 is 0 Å². The van der Waals surface area contributed by atoms with Crippen LogP contribution >= 0.6 is 11.6 Å². The van der Waals surface area contributed by atoms with Crippen molar-refractivity contribution in [3.8, 4) is 0 Å². The van der Waals surface area contributed by atoms with Gasteiger partial charge in [-0.2, -0.15) is 0 Å². The maximum absolute atomic E-state index is 10.2. The molecule has 0 amide bonds. The van der Waals surface area contributed by atoms with Crippen LogP contribution in [0.2, 0.25) is 5.02 Å². The van der Waals surface area contributed by atoms with E-state index in [4.69, 9.17) is 11.6 Å². The monoisotopic (exact) mass is 297 g/mol. The molecule has 3 atom stereocenters. The van der Waals surface area contributed by atoms with Crippen molar-refractivity contribution in [2.24, 2.45) is 11.8 Å². The van der Waals surface area contributed by atoms with Gasteiger partial charge >= 0.3 is 0 Å². The Labute approximate surface area is 126 Å². The largest absolute Gasteiger partial charge is 0.396 e. The van der Waals surface area contributed by atoms with Gasteiger partial charge in [0, 0.05) is 23.7 Å². The van der Waals surface area contributed by atoms with E-state index in [0.717, 1.165) is 18.5 Å². The van der Waals surface area contributed by atoms with E-state index in [1.54, 1.807) is 6.07 Å². The van der Waals surface area contributed by atoms with E-state index in [9.17, 15) is 10.2 Å². The number of hydrogen-bond donors (Lipinski definition) is 3. The molecule has 0 aliphatic heterocycles. The van der Waals surface area contributed by atoms with Gasteiger partial charge in [-0.05, 0) is 37.3 Å². The summed E-state index contributed by atoms with van der Waals surface area (Å²) in [4.78, 5) is 0. The second-order valence-corrected chi connectivity index (χ2v) is 6.09. The molecule has 112 valence electrons. The standard InChI is InChI=1S/C16H24ClNO2/c17-15-8-4-3-7-14(15)16(20)10-18-9-12-5-1-2-6-13(12)11-19/h3-4,7-8,12-13,16,18-20H,1-2,5-6,9-11H2. The first kappa shape index (κ1) is 15.8. The molecule has 4 heteroatoms. The van der Waals surface area contributed by atoms with Gasteiger partial charge in [0.05, 0.1) is 6.10 Å². The van der Waals surface area contributed by atoms with Crippen LogP contribution < -0.4 is 5.32 Å². The van der Waals surface area contributed by atoms with E-state index in [2.05, 4.69) is 5.32 Å². The summed E-state index contributed by atoms with van der Waals surface area (Å²) in [6, 6.07) is 7.39. The molecule has 1 fully saturated rings. The fourth-order valence-electron chi connectivity index (χ4n) is 3.05. The number of nitrogens with one attached hydrogen (secondary N) is 1. The fourth-order valence-corrected chi connectivity index (χ4v) is 3.32. The summed E-state index contributed by atoms with van der Waals surface area (Å²) in [7, 11) is 0. The van der Waals surface area contributed by atoms with E-state index in [1.807, 2.05) is 18.2 Å². The molecule has 2 rings (SSSR count). The minimum atomic E-state index is -0.583. The van der Waals surface area contributed by atoms with Crippen molar-refractivity contribution in [1.29, 1.82) is 0 Å². The third-order valence-corrected chi connectivity index (χ3v) is 4.65. The topological polar surface area (TPSA) is 52.5 Å². The molecule has 0 radical (unpaired) electrons. The highest BCUT2D eigenvalue weighted by Crippen LogP contribution is 2.29. The van der Waals surface area contributed by atoms with Crippen molar-refractivity contribution in [2.45, 2.75) is 31.8 Å². The maximum Gasteiger partial charge on any atom is 0.0928 e. The molecule has 0 saturated heterocycles. The molecule has 0 spiro atoms. The van der Waals surface area contributed by atoms with Gasteiger partial charge in [-0.15, -0.1) is 0 Å². The quantitative estimate of drug-likeness (QED) is 0.757. The number of aliphatic hydroxyl groups excluding tert-OH is 2. The second-order valence-electron chi connectivity index (χ2n) is 5.68. The maximum atomic E-state index is 10.2. The van der Waals surface area contributed by atoms with E-state index in [1.165, 1.54) is 19.3 Å². The molecule has 1 aliphatic rings. The summed E-state index contributed by atoms with van der Waals surface area (Å²) in [5.74, 6) is 0.931. The van der Waals surface area contributed by atoms with E-state index in [-0.39, 0.29) is 6.61 Å². The Morgan fingerprint density at radius 2 is 1.90 bits per heavy atom. The van der Waals surface area contributed by atoms with Gasteiger partial charge in [0.25, 0.3) is 0 Å². The van der Waals surface area contributed by atoms with Crippen molar-refractivity contribution in [3.63, 3.8) is 0 Å². The molecule has 1 saturated carbocycles. The molecule has 3 N–H and O–H groups in total. The molecule has 1 aromatic rings. The Bertz CT molecular complexity index is 413. The first-order valence-electron chi connectivity index (χ1n) is 7.46. The smallest absolute Gasteiger partial charge is 0.0928 e. The van der Waals surface area contributed by atoms with Crippen molar-refractivity contribution in [2.75, 3.05) is 19.7 Å². The summed E-state index contributed by atoms with van der Waals surface area (Å²) in [5, 5.41) is 23.5. The normalized spacial score (nSPS) is 24.6. The molecule has 1 aromatic carbocycles. The van der Waals surface area contributed by atoms with Gasteiger partial charge in [0.2, 0.25) is 0 Å². The first-order chi connectivity index (χ1) is 9.72. The Balaban J connectivity index is 1.79. The van der Waals surface area contributed by atoms with Crippen molar-refractivity contribution in [1.82, 2.24) is 5.32 Å². The van der Waals surface area contributed by atoms with Gasteiger partial charge in [-0.25, -0.2) is 0 Å². The molecule has 1 aliphatic carbocycles. The molecule has 3 unspecified atom stereocenters. The van der Waals surface area contributed by atoms with Gasteiger partial charge in [0.15, 0.2) is 0 Å². The van der Waals surface area contributed by atoms with Crippen LogP contribution in [0.1, 0.15) is 37.4 Å². The highest BCUT2D eigenvalue weighted by atomic mass is 35.5. The summed E-state index contributed by atoms with van der Waals surface area (Å²) < 4.78 is 0. The summed E-state index contributed by atoms with van der Waals surface area (Å²) in [5.41, 5.74) is 0.768. The summed E-state index contributed by atoms with van der Waals surface area (Å²) in [6.45, 7) is 1.63. The number of benzene rings is 1. The lowest BCUT2D eigenvalue weighted by Gasteiger charge is -2.30. The van der Waals surface area contributed by atoms with Crippen molar-refractivity contribution < 1.29 is 10.2 Å². The molecular formula is C16H24ClNO2. The zero-order valence-corrected chi connectivity index (χ0v) is 12.5. The zero-order chi connectivity index (χ0) is 14.4. The summed E-state index contributed by atoms with van der Waals surface area (Å²) >= 11 is 6.07. The van der Waals surface area contributed by atoms with Crippen LogP contribution in [0.5, 0.6) is 0 Å². The predicted molar refractivity (Wildman–Crippen MR) is 81.8 cm³/mol. The van der Waals surface area contributed by atoms with Gasteiger partial charge < -0.3 is 15.5 Å². The van der Waals surface area contributed by atoms with Crippen LogP contribution in [-0.2, 0) is 0 Å².